The predicted molar refractivity (Wildman–Crippen MR) is 102 cm³/mol. The van der Waals surface area contributed by atoms with Gasteiger partial charge < -0.3 is 20.4 Å². The molecule has 0 aromatic carbocycles. The van der Waals surface area contributed by atoms with Crippen molar-refractivity contribution in [3.05, 3.63) is 0 Å². The second kappa shape index (κ2) is 13.1. The van der Waals surface area contributed by atoms with Crippen LogP contribution in [0, 0.1) is 11.8 Å². The second-order valence-corrected chi connectivity index (χ2v) is 8.18. The van der Waals surface area contributed by atoms with Gasteiger partial charge in [-0.1, -0.05) is 39.5 Å². The van der Waals surface area contributed by atoms with Crippen LogP contribution in [0.5, 0.6) is 0 Å². The highest BCUT2D eigenvalue weighted by atomic mass is 16.3. The summed E-state index contributed by atoms with van der Waals surface area (Å²) in [6.45, 7) is 4.30. The fourth-order valence-corrected chi connectivity index (χ4v) is 4.29. The van der Waals surface area contributed by atoms with Crippen molar-refractivity contribution in [2.75, 3.05) is 0 Å². The Hall–Kier alpha value is -0.160. The lowest BCUT2D eigenvalue weighted by atomic mass is 9.85. The summed E-state index contributed by atoms with van der Waals surface area (Å²) in [5.41, 5.74) is 0. The number of rotatable bonds is 3. The zero-order valence-corrected chi connectivity index (χ0v) is 16.4. The van der Waals surface area contributed by atoms with E-state index in [9.17, 15) is 20.4 Å². The van der Waals surface area contributed by atoms with Gasteiger partial charge in [0.25, 0.3) is 0 Å². The van der Waals surface area contributed by atoms with Gasteiger partial charge in [0.1, 0.15) is 0 Å². The molecule has 0 saturated heterocycles. The third kappa shape index (κ3) is 9.37. The van der Waals surface area contributed by atoms with Crippen molar-refractivity contribution < 1.29 is 20.4 Å². The molecule has 2 rings (SSSR count). The van der Waals surface area contributed by atoms with E-state index in [1.54, 1.807) is 0 Å². The van der Waals surface area contributed by atoms with Crippen LogP contribution in [-0.2, 0) is 0 Å². The van der Waals surface area contributed by atoms with Crippen molar-refractivity contribution in [3.63, 3.8) is 0 Å². The standard InChI is InChI=1S/C11H22O2.C10H20O2/c1-2-4-9-5-3-6-10(12)7-8-11(9)13;1-2-8-4-3-5-9(11)6-7-10(8)12/h9-13H,2-8H2,1H3;8-12H,2-7H2,1H3. The zero-order valence-electron chi connectivity index (χ0n) is 16.4. The van der Waals surface area contributed by atoms with E-state index < -0.39 is 0 Å². The monoisotopic (exact) mass is 358 g/mol. The van der Waals surface area contributed by atoms with E-state index in [0.29, 0.717) is 11.8 Å². The van der Waals surface area contributed by atoms with E-state index in [1.807, 2.05) is 0 Å². The van der Waals surface area contributed by atoms with Crippen LogP contribution in [0.15, 0.2) is 0 Å². The van der Waals surface area contributed by atoms with Crippen LogP contribution in [0.2, 0.25) is 0 Å². The fourth-order valence-electron chi connectivity index (χ4n) is 4.29. The van der Waals surface area contributed by atoms with Gasteiger partial charge in [0.2, 0.25) is 0 Å². The Bertz CT molecular complexity index is 323. The smallest absolute Gasteiger partial charge is 0.0569 e. The third-order valence-electron chi connectivity index (χ3n) is 6.09. The Labute approximate surface area is 154 Å². The van der Waals surface area contributed by atoms with E-state index in [4.69, 9.17) is 0 Å². The van der Waals surface area contributed by atoms with Gasteiger partial charge in [-0.25, -0.2) is 0 Å². The molecule has 2 aliphatic carbocycles. The third-order valence-corrected chi connectivity index (χ3v) is 6.09. The number of hydrogen-bond acceptors (Lipinski definition) is 4. The van der Waals surface area contributed by atoms with Crippen molar-refractivity contribution >= 4 is 0 Å². The van der Waals surface area contributed by atoms with E-state index >= 15 is 0 Å². The molecule has 4 N–H and O–H groups in total. The molecule has 2 saturated carbocycles. The molecule has 150 valence electrons. The lowest BCUT2D eigenvalue weighted by Gasteiger charge is -2.26. The molecule has 6 unspecified atom stereocenters. The molecule has 4 heteroatoms. The first-order chi connectivity index (χ1) is 12.0. The average molecular weight is 359 g/mol. The Kier molecular flexibility index (Phi) is 12.0. The number of aliphatic hydroxyl groups excluding tert-OH is 4. The minimum absolute atomic E-state index is 0.169. The van der Waals surface area contributed by atoms with E-state index in [0.717, 1.165) is 83.5 Å². The molecule has 0 aromatic rings. The first-order valence-corrected chi connectivity index (χ1v) is 10.7. The van der Waals surface area contributed by atoms with Crippen molar-refractivity contribution in [1.29, 1.82) is 0 Å². The Morgan fingerprint density at radius 2 is 1.08 bits per heavy atom. The van der Waals surface area contributed by atoms with Crippen LogP contribution in [0.1, 0.15) is 97.3 Å². The summed E-state index contributed by atoms with van der Waals surface area (Å²) < 4.78 is 0. The summed E-state index contributed by atoms with van der Waals surface area (Å²) in [5, 5.41) is 38.3. The molecule has 0 spiro atoms. The van der Waals surface area contributed by atoms with Crippen molar-refractivity contribution in [3.8, 4) is 0 Å². The van der Waals surface area contributed by atoms with Gasteiger partial charge >= 0.3 is 0 Å². The topological polar surface area (TPSA) is 80.9 Å². The molecule has 0 amide bonds. The lowest BCUT2D eigenvalue weighted by Crippen LogP contribution is -2.25. The summed E-state index contributed by atoms with van der Waals surface area (Å²) in [5.74, 6) is 0.954. The molecule has 6 atom stereocenters. The van der Waals surface area contributed by atoms with Crippen molar-refractivity contribution in [2.24, 2.45) is 11.8 Å². The van der Waals surface area contributed by atoms with Gasteiger partial charge in [-0.15, -0.1) is 0 Å². The maximum absolute atomic E-state index is 9.81. The van der Waals surface area contributed by atoms with Gasteiger partial charge in [0.05, 0.1) is 24.4 Å². The molecular weight excluding hydrogens is 316 g/mol. The summed E-state index contributed by atoms with van der Waals surface area (Å²) in [6, 6.07) is 0. The van der Waals surface area contributed by atoms with Crippen LogP contribution >= 0.6 is 0 Å². The van der Waals surface area contributed by atoms with Crippen LogP contribution in [0.4, 0.5) is 0 Å². The predicted octanol–water partition coefficient (Wildman–Crippen LogP) is 3.79. The molecule has 2 aliphatic rings. The highest BCUT2D eigenvalue weighted by Crippen LogP contribution is 2.26. The lowest BCUT2D eigenvalue weighted by molar-refractivity contribution is 0.0461. The maximum Gasteiger partial charge on any atom is 0.0569 e. The highest BCUT2D eigenvalue weighted by molar-refractivity contribution is 4.75. The second-order valence-electron chi connectivity index (χ2n) is 8.18. The van der Waals surface area contributed by atoms with Gasteiger partial charge in [-0.05, 0) is 69.6 Å². The van der Waals surface area contributed by atoms with Crippen LogP contribution in [0.25, 0.3) is 0 Å². The molecule has 0 bridgehead atoms. The van der Waals surface area contributed by atoms with Gasteiger partial charge in [-0.3, -0.25) is 0 Å². The Morgan fingerprint density at radius 3 is 1.56 bits per heavy atom. The summed E-state index contributed by atoms with van der Waals surface area (Å²) in [7, 11) is 0. The first kappa shape index (κ1) is 22.9. The SMILES string of the molecule is CCC1CCCC(O)CCC1O.CCCC1CCCC(O)CCC1O. The molecule has 0 radical (unpaired) electrons. The number of hydrogen-bond donors (Lipinski definition) is 4. The van der Waals surface area contributed by atoms with Gasteiger partial charge in [-0.2, -0.15) is 0 Å². The first-order valence-electron chi connectivity index (χ1n) is 10.7. The van der Waals surface area contributed by atoms with E-state index in [2.05, 4.69) is 13.8 Å². The van der Waals surface area contributed by atoms with E-state index in [-0.39, 0.29) is 24.4 Å². The minimum Gasteiger partial charge on any atom is -0.393 e. The fraction of sp³-hybridized carbons (Fsp3) is 1.00. The van der Waals surface area contributed by atoms with E-state index in [1.165, 1.54) is 0 Å². The summed E-state index contributed by atoms with van der Waals surface area (Å²) in [4.78, 5) is 0. The Balaban J connectivity index is 0.000000251. The van der Waals surface area contributed by atoms with Crippen LogP contribution < -0.4 is 0 Å². The Morgan fingerprint density at radius 1 is 0.600 bits per heavy atom. The molecule has 25 heavy (non-hydrogen) atoms. The molecule has 0 heterocycles. The van der Waals surface area contributed by atoms with Crippen LogP contribution in [-0.4, -0.2) is 44.8 Å². The normalized spacial score (nSPS) is 37.7. The minimum atomic E-state index is -0.176. The quantitative estimate of drug-likeness (QED) is 0.619. The number of aliphatic hydroxyl groups is 4. The summed E-state index contributed by atoms with van der Waals surface area (Å²) in [6.07, 6.45) is 11.9. The molecule has 0 aromatic heterocycles. The van der Waals surface area contributed by atoms with Gasteiger partial charge in [0.15, 0.2) is 0 Å². The zero-order chi connectivity index (χ0) is 18.7. The molecule has 4 nitrogen and oxygen atoms in total. The van der Waals surface area contributed by atoms with Crippen molar-refractivity contribution in [2.45, 2.75) is 122 Å². The van der Waals surface area contributed by atoms with Crippen LogP contribution in [0.3, 0.4) is 0 Å². The molecule has 0 aliphatic heterocycles. The summed E-state index contributed by atoms with van der Waals surface area (Å²) >= 11 is 0. The van der Waals surface area contributed by atoms with Gasteiger partial charge in [0, 0.05) is 0 Å². The molecule has 2 fully saturated rings. The largest absolute Gasteiger partial charge is 0.393 e. The van der Waals surface area contributed by atoms with Crippen molar-refractivity contribution in [1.82, 2.24) is 0 Å². The highest BCUT2D eigenvalue weighted by Gasteiger charge is 2.22. The maximum atomic E-state index is 9.81. The molecular formula is C21H42O4. The average Bonchev–Trinajstić information content (AvgIpc) is 2.58.